The van der Waals surface area contributed by atoms with E-state index in [2.05, 4.69) is 4.98 Å². The van der Waals surface area contributed by atoms with E-state index in [1.165, 1.54) is 0 Å². The molecule has 0 amide bonds. The van der Waals surface area contributed by atoms with E-state index < -0.39 is 12.1 Å². The molecule has 0 saturated carbocycles. The predicted molar refractivity (Wildman–Crippen MR) is 51.7 cm³/mol. The molecule has 0 aliphatic rings. The maximum Gasteiger partial charge on any atom is 0.282 e. The highest BCUT2D eigenvalue weighted by Crippen LogP contribution is 2.27. The van der Waals surface area contributed by atoms with Gasteiger partial charge >= 0.3 is 0 Å². The normalized spacial score (nSPS) is 10.5. The molecule has 0 spiro atoms. The molecule has 0 atom stereocenters. The zero-order valence-electron chi connectivity index (χ0n) is 6.30. The van der Waals surface area contributed by atoms with Crippen molar-refractivity contribution in [2.24, 2.45) is 0 Å². The number of carbonyl (C=O) groups excluding carboxylic acids is 1. The summed E-state index contributed by atoms with van der Waals surface area (Å²) in [5.74, 6) is 0. The number of rotatable bonds is 2. The molecule has 1 aromatic heterocycles. The minimum Gasteiger partial charge on any atom is -0.396 e. The van der Waals surface area contributed by atoms with Crippen molar-refractivity contribution in [2.45, 2.75) is 6.43 Å². The lowest BCUT2D eigenvalue weighted by atomic mass is 10.2. The molecule has 0 fully saturated rings. The third-order valence-electron chi connectivity index (χ3n) is 1.44. The number of carbonyl (C=O) groups is 1. The highest BCUT2D eigenvalue weighted by molar-refractivity contribution is 14.1. The first kappa shape index (κ1) is 10.3. The smallest absolute Gasteiger partial charge is 0.282 e. The second kappa shape index (κ2) is 3.95. The summed E-state index contributed by atoms with van der Waals surface area (Å²) < 4.78 is 24.7. The Balaban J connectivity index is 3.31. The minimum absolute atomic E-state index is 0.125. The molecule has 0 aliphatic heterocycles. The Labute approximate surface area is 86.5 Å². The third-order valence-corrected chi connectivity index (χ3v) is 2.65. The summed E-state index contributed by atoms with van der Waals surface area (Å²) in [4.78, 5) is 13.8. The number of nitrogens with two attached hydrogens (primary N) is 1. The topological polar surface area (TPSA) is 56.0 Å². The number of nitrogen functional groups attached to an aromatic ring is 1. The van der Waals surface area contributed by atoms with Crippen LogP contribution in [0.3, 0.4) is 0 Å². The number of pyridine rings is 1. The minimum atomic E-state index is -2.71. The van der Waals surface area contributed by atoms with E-state index in [1.807, 2.05) is 0 Å². The zero-order chi connectivity index (χ0) is 10.0. The fourth-order valence-corrected chi connectivity index (χ4v) is 1.33. The SMILES string of the molecule is Nc1c(C(F)F)ncc(C=O)c1I. The zero-order valence-corrected chi connectivity index (χ0v) is 8.46. The molecule has 1 aromatic rings. The summed E-state index contributed by atoms with van der Waals surface area (Å²) in [7, 11) is 0. The number of anilines is 1. The van der Waals surface area contributed by atoms with Gasteiger partial charge in [-0.05, 0) is 22.6 Å². The van der Waals surface area contributed by atoms with E-state index >= 15 is 0 Å². The monoisotopic (exact) mass is 298 g/mol. The van der Waals surface area contributed by atoms with Gasteiger partial charge in [-0.15, -0.1) is 0 Å². The second-order valence-electron chi connectivity index (χ2n) is 2.24. The van der Waals surface area contributed by atoms with Gasteiger partial charge in [0.2, 0.25) is 0 Å². The summed E-state index contributed by atoms with van der Waals surface area (Å²) in [5.41, 5.74) is 4.97. The molecule has 70 valence electrons. The van der Waals surface area contributed by atoms with Crippen molar-refractivity contribution in [3.8, 4) is 0 Å². The van der Waals surface area contributed by atoms with Gasteiger partial charge in [0.25, 0.3) is 6.43 Å². The lowest BCUT2D eigenvalue weighted by molar-refractivity contribution is 0.112. The van der Waals surface area contributed by atoms with Crippen molar-refractivity contribution in [1.29, 1.82) is 0 Å². The van der Waals surface area contributed by atoms with Crippen LogP contribution in [0, 0.1) is 3.57 Å². The summed E-state index contributed by atoms with van der Waals surface area (Å²) in [5, 5.41) is 0. The van der Waals surface area contributed by atoms with Crippen LogP contribution in [-0.4, -0.2) is 11.3 Å². The van der Waals surface area contributed by atoms with Crippen LogP contribution in [0.2, 0.25) is 0 Å². The molecule has 0 aromatic carbocycles. The molecule has 3 nitrogen and oxygen atoms in total. The highest BCUT2D eigenvalue weighted by Gasteiger charge is 2.16. The molecule has 0 unspecified atom stereocenters. The van der Waals surface area contributed by atoms with Crippen LogP contribution in [0.1, 0.15) is 22.5 Å². The lowest BCUT2D eigenvalue weighted by Gasteiger charge is -2.06. The van der Waals surface area contributed by atoms with Gasteiger partial charge in [0, 0.05) is 11.8 Å². The number of aldehydes is 1. The Hall–Kier alpha value is -0.790. The number of halogens is 3. The first-order valence-corrected chi connectivity index (χ1v) is 4.33. The second-order valence-corrected chi connectivity index (χ2v) is 3.32. The Kier molecular flexibility index (Phi) is 3.12. The fourth-order valence-electron chi connectivity index (χ4n) is 0.789. The van der Waals surface area contributed by atoms with Gasteiger partial charge in [0.1, 0.15) is 5.69 Å². The standard InChI is InChI=1S/C7H5F2IN2O/c8-7(9)6-5(11)4(10)3(2-13)1-12-6/h1-2,7H,11H2. The van der Waals surface area contributed by atoms with E-state index in [-0.39, 0.29) is 11.3 Å². The van der Waals surface area contributed by atoms with Gasteiger partial charge in [-0.1, -0.05) is 0 Å². The van der Waals surface area contributed by atoms with Crippen molar-refractivity contribution in [3.05, 3.63) is 21.0 Å². The van der Waals surface area contributed by atoms with Gasteiger partial charge in [-0.25, -0.2) is 8.78 Å². The molecule has 0 aliphatic carbocycles. The van der Waals surface area contributed by atoms with E-state index in [0.29, 0.717) is 9.86 Å². The summed E-state index contributed by atoms with van der Waals surface area (Å²) >= 11 is 1.73. The number of aromatic nitrogens is 1. The first-order chi connectivity index (χ1) is 6.07. The lowest BCUT2D eigenvalue weighted by Crippen LogP contribution is -2.03. The number of nitrogens with zero attached hydrogens (tertiary/aromatic N) is 1. The van der Waals surface area contributed by atoms with Crippen LogP contribution in [-0.2, 0) is 0 Å². The van der Waals surface area contributed by atoms with Gasteiger partial charge in [0.05, 0.1) is 9.26 Å². The number of hydrogen-bond donors (Lipinski definition) is 1. The van der Waals surface area contributed by atoms with Gasteiger partial charge < -0.3 is 5.73 Å². The molecule has 0 saturated heterocycles. The maximum absolute atomic E-state index is 12.2. The van der Waals surface area contributed by atoms with Crippen molar-refractivity contribution in [3.63, 3.8) is 0 Å². The van der Waals surface area contributed by atoms with Crippen LogP contribution in [0.5, 0.6) is 0 Å². The average molecular weight is 298 g/mol. The van der Waals surface area contributed by atoms with Crippen molar-refractivity contribution in [2.75, 3.05) is 5.73 Å². The molecule has 6 heteroatoms. The van der Waals surface area contributed by atoms with Crippen molar-refractivity contribution < 1.29 is 13.6 Å². The summed E-state index contributed by atoms with van der Waals surface area (Å²) in [6.07, 6.45) is -1.10. The van der Waals surface area contributed by atoms with E-state index in [9.17, 15) is 13.6 Å². The molecular formula is C7H5F2IN2O. The molecule has 2 N–H and O–H groups in total. The molecule has 1 rings (SSSR count). The van der Waals surface area contributed by atoms with Gasteiger partial charge in [-0.3, -0.25) is 9.78 Å². The van der Waals surface area contributed by atoms with E-state index in [0.717, 1.165) is 6.20 Å². The molecule has 13 heavy (non-hydrogen) atoms. The van der Waals surface area contributed by atoms with Crippen LogP contribution < -0.4 is 5.73 Å². The molecule has 1 heterocycles. The van der Waals surface area contributed by atoms with Gasteiger partial charge in [-0.2, -0.15) is 0 Å². The Bertz CT molecular complexity index is 344. The Morgan fingerprint density at radius 3 is 2.69 bits per heavy atom. The molecule has 0 bridgehead atoms. The average Bonchev–Trinajstić information content (AvgIpc) is 2.09. The Morgan fingerprint density at radius 2 is 2.23 bits per heavy atom. The van der Waals surface area contributed by atoms with Crippen molar-refractivity contribution >= 4 is 34.6 Å². The maximum atomic E-state index is 12.2. The van der Waals surface area contributed by atoms with Crippen LogP contribution >= 0.6 is 22.6 Å². The van der Waals surface area contributed by atoms with Gasteiger partial charge in [0.15, 0.2) is 6.29 Å². The summed E-state index contributed by atoms with van der Waals surface area (Å²) in [6, 6.07) is 0. The fraction of sp³-hybridized carbons (Fsp3) is 0.143. The Morgan fingerprint density at radius 1 is 1.62 bits per heavy atom. The highest BCUT2D eigenvalue weighted by atomic mass is 127. The molecular weight excluding hydrogens is 293 g/mol. The van der Waals surface area contributed by atoms with Crippen LogP contribution in [0.25, 0.3) is 0 Å². The van der Waals surface area contributed by atoms with Crippen molar-refractivity contribution in [1.82, 2.24) is 4.98 Å². The van der Waals surface area contributed by atoms with E-state index in [4.69, 9.17) is 5.73 Å². The third kappa shape index (κ3) is 1.93. The summed E-state index contributed by atoms with van der Waals surface area (Å²) in [6.45, 7) is 0. The van der Waals surface area contributed by atoms with Crippen LogP contribution in [0.4, 0.5) is 14.5 Å². The quantitative estimate of drug-likeness (QED) is 0.671. The number of alkyl halides is 2. The van der Waals surface area contributed by atoms with Crippen LogP contribution in [0.15, 0.2) is 6.20 Å². The largest absolute Gasteiger partial charge is 0.396 e. The first-order valence-electron chi connectivity index (χ1n) is 3.25. The predicted octanol–water partition coefficient (Wildman–Crippen LogP) is 2.02. The number of hydrogen-bond acceptors (Lipinski definition) is 3. The molecule has 0 radical (unpaired) electrons. The van der Waals surface area contributed by atoms with E-state index in [1.54, 1.807) is 22.6 Å².